The zero-order valence-corrected chi connectivity index (χ0v) is 10.0. The largest absolute Gasteiger partial charge is 0.382 e. The molecule has 2 N–H and O–H groups in total. The van der Waals surface area contributed by atoms with Crippen LogP contribution in [-0.4, -0.2) is 30.8 Å². The second-order valence-electron chi connectivity index (χ2n) is 4.99. The molecule has 4 rings (SSSR count). The maximum Gasteiger partial charge on any atom is 0.0769 e. The Morgan fingerprint density at radius 2 is 2.17 bits per heavy atom. The van der Waals surface area contributed by atoms with Gasteiger partial charge in [0.15, 0.2) is 0 Å². The van der Waals surface area contributed by atoms with E-state index in [1.54, 1.807) is 0 Å². The van der Waals surface area contributed by atoms with Crippen LogP contribution >= 0.6 is 0 Å². The van der Waals surface area contributed by atoms with Crippen LogP contribution in [0.5, 0.6) is 0 Å². The fraction of sp³-hybridized carbons (Fsp3) is 0.357. The summed E-state index contributed by atoms with van der Waals surface area (Å²) in [6.07, 6.45) is 1.92. The average Bonchev–Trinajstić information content (AvgIpc) is 2.78. The van der Waals surface area contributed by atoms with Gasteiger partial charge in [-0.05, 0) is 6.07 Å². The number of ether oxygens (including phenoxy) is 1. The van der Waals surface area contributed by atoms with E-state index in [-0.39, 0.29) is 0 Å². The van der Waals surface area contributed by atoms with E-state index in [1.807, 2.05) is 18.3 Å². The van der Waals surface area contributed by atoms with E-state index in [0.29, 0.717) is 12.0 Å². The number of para-hydroxylation sites is 1. The summed E-state index contributed by atoms with van der Waals surface area (Å²) < 4.78 is 5.56. The molecule has 3 heterocycles. The molecule has 0 aliphatic carbocycles. The van der Waals surface area contributed by atoms with Gasteiger partial charge in [-0.25, -0.2) is 0 Å². The van der Waals surface area contributed by atoms with E-state index in [2.05, 4.69) is 27.8 Å². The second-order valence-corrected chi connectivity index (χ2v) is 4.99. The molecule has 1 saturated heterocycles. The van der Waals surface area contributed by atoms with E-state index in [0.717, 1.165) is 31.0 Å². The molecule has 1 aromatic heterocycles. The Morgan fingerprint density at radius 3 is 3.17 bits per heavy atom. The number of hydrogen-bond acceptors (Lipinski definition) is 4. The predicted octanol–water partition coefficient (Wildman–Crippen LogP) is 2.09. The molecule has 2 aliphatic rings. The number of hydrogen-bond donors (Lipinski definition) is 2. The van der Waals surface area contributed by atoms with Gasteiger partial charge in [0.05, 0.1) is 42.3 Å². The Kier molecular flexibility index (Phi) is 2.17. The summed E-state index contributed by atoms with van der Waals surface area (Å²) >= 11 is 0. The normalized spacial score (nSPS) is 25.8. The van der Waals surface area contributed by atoms with Crippen molar-refractivity contribution in [2.24, 2.45) is 5.92 Å². The summed E-state index contributed by atoms with van der Waals surface area (Å²) in [5.74, 6) is 0.538. The molecule has 2 aliphatic heterocycles. The third-order valence-electron chi connectivity index (χ3n) is 3.86. The van der Waals surface area contributed by atoms with Crippen LogP contribution < -0.4 is 10.6 Å². The molecule has 0 radical (unpaired) electrons. The first-order chi connectivity index (χ1) is 8.92. The van der Waals surface area contributed by atoms with Gasteiger partial charge in [0.2, 0.25) is 0 Å². The molecule has 0 bridgehead atoms. The highest BCUT2D eigenvalue weighted by Gasteiger charge is 2.31. The number of anilines is 2. The van der Waals surface area contributed by atoms with Crippen LogP contribution in [0, 0.1) is 5.92 Å². The van der Waals surface area contributed by atoms with Crippen molar-refractivity contribution in [3.05, 3.63) is 30.5 Å². The van der Waals surface area contributed by atoms with Crippen LogP contribution in [0.25, 0.3) is 10.9 Å². The lowest BCUT2D eigenvalue weighted by Gasteiger charge is -2.16. The van der Waals surface area contributed by atoms with E-state index >= 15 is 0 Å². The van der Waals surface area contributed by atoms with Crippen LogP contribution in [0.4, 0.5) is 11.4 Å². The Morgan fingerprint density at radius 1 is 1.22 bits per heavy atom. The summed E-state index contributed by atoms with van der Waals surface area (Å²) in [6.45, 7) is 2.58. The maximum atomic E-state index is 5.56. The van der Waals surface area contributed by atoms with Crippen LogP contribution in [0.1, 0.15) is 0 Å². The van der Waals surface area contributed by atoms with Crippen molar-refractivity contribution in [1.29, 1.82) is 0 Å². The predicted molar refractivity (Wildman–Crippen MR) is 72.0 cm³/mol. The van der Waals surface area contributed by atoms with Gasteiger partial charge in [-0.2, -0.15) is 0 Å². The minimum Gasteiger partial charge on any atom is -0.382 e. The second kappa shape index (κ2) is 3.85. The quantitative estimate of drug-likeness (QED) is 0.741. The third-order valence-corrected chi connectivity index (χ3v) is 3.86. The molecular formula is C14H15N3O. The molecule has 0 amide bonds. The number of pyridine rings is 1. The van der Waals surface area contributed by atoms with Gasteiger partial charge in [-0.1, -0.05) is 18.2 Å². The third kappa shape index (κ3) is 1.46. The number of benzene rings is 1. The minimum atomic E-state index is 0.407. The molecule has 0 spiro atoms. The van der Waals surface area contributed by atoms with Crippen LogP contribution in [0.15, 0.2) is 30.5 Å². The first-order valence-corrected chi connectivity index (χ1v) is 6.38. The zero-order valence-electron chi connectivity index (χ0n) is 10.0. The molecule has 1 fully saturated rings. The van der Waals surface area contributed by atoms with Crippen molar-refractivity contribution in [3.63, 3.8) is 0 Å². The Balaban J connectivity index is 1.88. The molecule has 0 saturated carbocycles. The summed E-state index contributed by atoms with van der Waals surface area (Å²) in [5, 5.41) is 8.30. The van der Waals surface area contributed by atoms with Crippen molar-refractivity contribution < 1.29 is 4.74 Å². The minimum absolute atomic E-state index is 0.407. The Bertz CT molecular complexity index is 599. The van der Waals surface area contributed by atoms with Gasteiger partial charge in [-0.3, -0.25) is 4.98 Å². The van der Waals surface area contributed by atoms with Crippen molar-refractivity contribution in [1.82, 2.24) is 4.98 Å². The summed E-state index contributed by atoms with van der Waals surface area (Å²) in [7, 11) is 0. The maximum absolute atomic E-state index is 5.56. The molecule has 2 unspecified atom stereocenters. The highest BCUT2D eigenvalue weighted by atomic mass is 16.5. The van der Waals surface area contributed by atoms with E-state index in [4.69, 9.17) is 4.74 Å². The standard InChI is InChI=1S/C14H15N3O/c1-2-4-11-10(3-1)14-12(6-16-11)15-5-9-7-18-8-13(9)17-14/h1-4,6,9,13,15,17H,5,7-8H2. The van der Waals surface area contributed by atoms with Gasteiger partial charge in [-0.15, -0.1) is 0 Å². The zero-order chi connectivity index (χ0) is 11.9. The van der Waals surface area contributed by atoms with Gasteiger partial charge < -0.3 is 15.4 Å². The number of rotatable bonds is 0. The van der Waals surface area contributed by atoms with Gasteiger partial charge in [0.25, 0.3) is 0 Å². The molecule has 18 heavy (non-hydrogen) atoms. The number of nitrogens with one attached hydrogen (secondary N) is 2. The van der Waals surface area contributed by atoms with E-state index in [9.17, 15) is 0 Å². The van der Waals surface area contributed by atoms with Crippen molar-refractivity contribution >= 4 is 22.3 Å². The smallest absolute Gasteiger partial charge is 0.0769 e. The summed E-state index contributed by atoms with van der Waals surface area (Å²) in [4.78, 5) is 4.50. The van der Waals surface area contributed by atoms with Gasteiger partial charge in [0, 0.05) is 17.8 Å². The van der Waals surface area contributed by atoms with Crippen molar-refractivity contribution in [2.75, 3.05) is 30.4 Å². The highest BCUT2D eigenvalue weighted by molar-refractivity contribution is 5.97. The number of aromatic nitrogens is 1. The Labute approximate surface area is 105 Å². The monoisotopic (exact) mass is 241 g/mol. The molecule has 2 aromatic rings. The molecule has 4 nitrogen and oxygen atoms in total. The number of fused-ring (bicyclic) bond motifs is 4. The topological polar surface area (TPSA) is 46.2 Å². The van der Waals surface area contributed by atoms with Crippen molar-refractivity contribution in [3.8, 4) is 0 Å². The molecule has 1 aromatic carbocycles. The van der Waals surface area contributed by atoms with Gasteiger partial charge >= 0.3 is 0 Å². The van der Waals surface area contributed by atoms with Crippen molar-refractivity contribution in [2.45, 2.75) is 6.04 Å². The summed E-state index contributed by atoms with van der Waals surface area (Å²) in [5.41, 5.74) is 3.30. The molecule has 92 valence electrons. The SMILES string of the molecule is c1ccc2c3c(cnc2c1)NCC1COCC1N3. The van der Waals surface area contributed by atoms with Crippen LogP contribution in [-0.2, 0) is 4.74 Å². The molecule has 4 heteroatoms. The Hall–Kier alpha value is -1.81. The fourth-order valence-corrected chi connectivity index (χ4v) is 2.82. The lowest BCUT2D eigenvalue weighted by atomic mass is 10.0. The lowest BCUT2D eigenvalue weighted by molar-refractivity contribution is 0.186. The van der Waals surface area contributed by atoms with Crippen LogP contribution in [0.2, 0.25) is 0 Å². The molecule has 2 atom stereocenters. The van der Waals surface area contributed by atoms with E-state index < -0.39 is 0 Å². The first-order valence-electron chi connectivity index (χ1n) is 6.38. The van der Waals surface area contributed by atoms with Crippen LogP contribution in [0.3, 0.4) is 0 Å². The van der Waals surface area contributed by atoms with E-state index in [1.165, 1.54) is 11.1 Å². The lowest BCUT2D eigenvalue weighted by Crippen LogP contribution is -2.29. The number of nitrogens with zero attached hydrogens (tertiary/aromatic N) is 1. The fourth-order valence-electron chi connectivity index (χ4n) is 2.82. The first kappa shape index (κ1) is 10.1. The van der Waals surface area contributed by atoms with Gasteiger partial charge in [0.1, 0.15) is 0 Å². The molecular weight excluding hydrogens is 226 g/mol. The highest BCUT2D eigenvalue weighted by Crippen LogP contribution is 2.34. The summed E-state index contributed by atoms with van der Waals surface area (Å²) in [6, 6.07) is 8.65. The average molecular weight is 241 g/mol.